The smallest absolute Gasteiger partial charge is 0.327 e. The van der Waals surface area contributed by atoms with E-state index in [1.165, 1.54) is 0 Å². The number of nitrogens with one attached hydrogen (secondary N) is 1. The standard InChI is InChI=1S/C16H32N2O2/c1-6-14(7-2)18(5)12-16(17-8-3,13-10-11-13)15(19)20-9-4/h13-14,17H,6-12H2,1-5H3. The maximum atomic E-state index is 12.6. The Morgan fingerprint density at radius 2 is 1.90 bits per heavy atom. The fourth-order valence-corrected chi connectivity index (χ4v) is 3.22. The van der Waals surface area contributed by atoms with Crippen LogP contribution in [0, 0.1) is 5.92 Å². The predicted octanol–water partition coefficient (Wildman–Crippen LogP) is 2.43. The van der Waals surface area contributed by atoms with Gasteiger partial charge in [0.15, 0.2) is 0 Å². The van der Waals surface area contributed by atoms with Gasteiger partial charge >= 0.3 is 5.97 Å². The molecule has 0 heterocycles. The van der Waals surface area contributed by atoms with Gasteiger partial charge in [-0.2, -0.15) is 0 Å². The van der Waals surface area contributed by atoms with Crippen LogP contribution in [0.15, 0.2) is 0 Å². The fraction of sp³-hybridized carbons (Fsp3) is 0.938. The molecule has 0 radical (unpaired) electrons. The Morgan fingerprint density at radius 3 is 2.30 bits per heavy atom. The van der Waals surface area contributed by atoms with E-state index in [0.29, 0.717) is 18.6 Å². The van der Waals surface area contributed by atoms with Crippen LogP contribution in [0.3, 0.4) is 0 Å². The van der Waals surface area contributed by atoms with Crippen molar-refractivity contribution >= 4 is 5.97 Å². The molecule has 20 heavy (non-hydrogen) atoms. The average Bonchev–Trinajstić information content (AvgIpc) is 3.24. The minimum absolute atomic E-state index is 0.0674. The summed E-state index contributed by atoms with van der Waals surface area (Å²) in [4.78, 5) is 14.9. The van der Waals surface area contributed by atoms with Crippen molar-refractivity contribution in [1.82, 2.24) is 10.2 Å². The Bertz CT molecular complexity index is 301. The number of nitrogens with zero attached hydrogens (tertiary/aromatic N) is 1. The lowest BCUT2D eigenvalue weighted by Gasteiger charge is -2.38. The molecule has 0 amide bonds. The molecule has 1 atom stereocenters. The van der Waals surface area contributed by atoms with Gasteiger partial charge < -0.3 is 15.0 Å². The van der Waals surface area contributed by atoms with Gasteiger partial charge in [-0.15, -0.1) is 0 Å². The first-order valence-corrected chi connectivity index (χ1v) is 8.18. The molecule has 118 valence electrons. The van der Waals surface area contributed by atoms with Crippen LogP contribution in [0.2, 0.25) is 0 Å². The summed E-state index contributed by atoms with van der Waals surface area (Å²) < 4.78 is 5.38. The lowest BCUT2D eigenvalue weighted by Crippen LogP contribution is -2.61. The van der Waals surface area contributed by atoms with Gasteiger partial charge in [-0.1, -0.05) is 20.8 Å². The quantitative estimate of drug-likeness (QED) is 0.626. The van der Waals surface area contributed by atoms with Crippen LogP contribution in [0.1, 0.15) is 53.4 Å². The lowest BCUT2D eigenvalue weighted by molar-refractivity contribution is -0.153. The molecule has 0 aromatic carbocycles. The van der Waals surface area contributed by atoms with E-state index in [4.69, 9.17) is 4.74 Å². The number of esters is 1. The number of carbonyl (C=O) groups is 1. The van der Waals surface area contributed by atoms with E-state index in [1.54, 1.807) is 0 Å². The van der Waals surface area contributed by atoms with E-state index in [-0.39, 0.29) is 5.97 Å². The zero-order valence-corrected chi connectivity index (χ0v) is 13.9. The highest BCUT2D eigenvalue weighted by atomic mass is 16.5. The molecule has 0 aliphatic heterocycles. The molecule has 1 unspecified atom stereocenters. The highest BCUT2D eigenvalue weighted by molar-refractivity contribution is 5.82. The first-order valence-electron chi connectivity index (χ1n) is 8.18. The van der Waals surface area contributed by atoms with Gasteiger partial charge in [0.2, 0.25) is 0 Å². The Balaban J connectivity index is 2.88. The van der Waals surface area contributed by atoms with Crippen LogP contribution in [0.4, 0.5) is 0 Å². The molecular weight excluding hydrogens is 252 g/mol. The maximum Gasteiger partial charge on any atom is 0.327 e. The highest BCUT2D eigenvalue weighted by Crippen LogP contribution is 2.41. The monoisotopic (exact) mass is 284 g/mol. The molecule has 1 aliphatic carbocycles. The lowest BCUT2D eigenvalue weighted by atomic mass is 9.91. The maximum absolute atomic E-state index is 12.6. The van der Waals surface area contributed by atoms with Crippen LogP contribution in [0.25, 0.3) is 0 Å². The van der Waals surface area contributed by atoms with Crippen molar-refractivity contribution < 1.29 is 9.53 Å². The number of rotatable bonds is 10. The number of carbonyl (C=O) groups excluding carboxylic acids is 1. The van der Waals surface area contributed by atoms with E-state index in [2.05, 4.69) is 38.0 Å². The minimum atomic E-state index is -0.512. The summed E-state index contributed by atoms with van der Waals surface area (Å²) in [6, 6.07) is 0.529. The second-order valence-corrected chi connectivity index (χ2v) is 5.88. The van der Waals surface area contributed by atoms with Crippen molar-refractivity contribution in [2.24, 2.45) is 5.92 Å². The molecule has 1 aliphatic rings. The van der Waals surface area contributed by atoms with Crippen molar-refractivity contribution in [2.75, 3.05) is 26.7 Å². The van der Waals surface area contributed by atoms with Crippen LogP contribution >= 0.6 is 0 Å². The molecule has 1 rings (SSSR count). The van der Waals surface area contributed by atoms with Crippen molar-refractivity contribution in [1.29, 1.82) is 0 Å². The number of hydrogen-bond acceptors (Lipinski definition) is 4. The van der Waals surface area contributed by atoms with Gasteiger partial charge in [-0.3, -0.25) is 0 Å². The van der Waals surface area contributed by atoms with Crippen molar-refractivity contribution in [3.63, 3.8) is 0 Å². The van der Waals surface area contributed by atoms with Gasteiger partial charge in [-0.25, -0.2) is 4.79 Å². The summed E-state index contributed by atoms with van der Waals surface area (Å²) >= 11 is 0. The Labute approximate surface area is 124 Å². The third kappa shape index (κ3) is 3.95. The summed E-state index contributed by atoms with van der Waals surface area (Å²) in [6.07, 6.45) is 4.48. The molecule has 0 aromatic rings. The molecule has 0 aromatic heterocycles. The topological polar surface area (TPSA) is 41.6 Å². The summed E-state index contributed by atoms with van der Waals surface area (Å²) in [6.45, 7) is 10.4. The normalized spacial score (nSPS) is 18.4. The van der Waals surface area contributed by atoms with Gasteiger partial charge in [-0.05, 0) is 52.1 Å². The largest absolute Gasteiger partial charge is 0.465 e. The third-order valence-corrected chi connectivity index (χ3v) is 4.47. The van der Waals surface area contributed by atoms with E-state index < -0.39 is 5.54 Å². The predicted molar refractivity (Wildman–Crippen MR) is 82.8 cm³/mol. The van der Waals surface area contributed by atoms with Crippen molar-refractivity contribution in [2.45, 2.75) is 65.0 Å². The number of likely N-dealkylation sites (N-methyl/N-ethyl adjacent to an activating group) is 2. The van der Waals surface area contributed by atoms with Crippen LogP contribution in [-0.4, -0.2) is 49.2 Å². The number of ether oxygens (including phenoxy) is 1. The molecule has 0 bridgehead atoms. The van der Waals surface area contributed by atoms with E-state index in [0.717, 1.165) is 38.8 Å². The van der Waals surface area contributed by atoms with Gasteiger partial charge in [0, 0.05) is 12.6 Å². The average molecular weight is 284 g/mol. The first kappa shape index (κ1) is 17.4. The van der Waals surface area contributed by atoms with E-state index in [1.807, 2.05) is 6.92 Å². The SMILES string of the molecule is CCNC(CN(C)C(CC)CC)(C(=O)OCC)C1CC1. The molecule has 1 N–H and O–H groups in total. The van der Waals surface area contributed by atoms with Crippen molar-refractivity contribution in [3.8, 4) is 0 Å². The van der Waals surface area contributed by atoms with Crippen LogP contribution in [-0.2, 0) is 9.53 Å². The zero-order valence-electron chi connectivity index (χ0n) is 13.9. The molecular formula is C16H32N2O2. The molecule has 1 fully saturated rings. The second-order valence-electron chi connectivity index (χ2n) is 5.88. The summed E-state index contributed by atoms with van der Waals surface area (Å²) in [5.41, 5.74) is -0.512. The Kier molecular flexibility index (Phi) is 6.96. The van der Waals surface area contributed by atoms with Gasteiger partial charge in [0.05, 0.1) is 6.61 Å². The summed E-state index contributed by atoms with van der Waals surface area (Å²) in [5, 5.41) is 3.46. The molecule has 0 spiro atoms. The van der Waals surface area contributed by atoms with Crippen LogP contribution < -0.4 is 5.32 Å². The number of hydrogen-bond donors (Lipinski definition) is 1. The minimum Gasteiger partial charge on any atom is -0.465 e. The van der Waals surface area contributed by atoms with Crippen LogP contribution in [0.5, 0.6) is 0 Å². The third-order valence-electron chi connectivity index (χ3n) is 4.47. The zero-order chi connectivity index (χ0) is 15.2. The fourth-order valence-electron chi connectivity index (χ4n) is 3.22. The second kappa shape index (κ2) is 7.99. The summed E-state index contributed by atoms with van der Waals surface area (Å²) in [7, 11) is 2.13. The first-order chi connectivity index (χ1) is 9.55. The van der Waals surface area contributed by atoms with E-state index in [9.17, 15) is 4.79 Å². The molecule has 0 saturated heterocycles. The molecule has 4 heteroatoms. The Morgan fingerprint density at radius 1 is 1.30 bits per heavy atom. The Hall–Kier alpha value is -0.610. The summed E-state index contributed by atoms with van der Waals surface area (Å²) in [5.74, 6) is 0.362. The molecule has 4 nitrogen and oxygen atoms in total. The molecule has 1 saturated carbocycles. The van der Waals surface area contributed by atoms with E-state index >= 15 is 0 Å². The van der Waals surface area contributed by atoms with Gasteiger partial charge in [0.1, 0.15) is 5.54 Å². The highest BCUT2D eigenvalue weighted by Gasteiger charge is 2.52. The van der Waals surface area contributed by atoms with Crippen molar-refractivity contribution in [3.05, 3.63) is 0 Å². The van der Waals surface area contributed by atoms with Gasteiger partial charge in [0.25, 0.3) is 0 Å².